The van der Waals surface area contributed by atoms with Gasteiger partial charge in [-0.25, -0.2) is 9.97 Å². The highest BCUT2D eigenvalue weighted by atomic mass is 19.4. The van der Waals surface area contributed by atoms with E-state index >= 15 is 0 Å². The van der Waals surface area contributed by atoms with Crippen LogP contribution in [-0.4, -0.2) is 37.6 Å². The maximum atomic E-state index is 13.1. The van der Waals surface area contributed by atoms with Crippen LogP contribution in [0.4, 0.5) is 13.2 Å². The average molecular weight is 442 g/mol. The van der Waals surface area contributed by atoms with E-state index in [2.05, 4.69) is 19.7 Å². The number of alkyl halides is 3. The Labute approximate surface area is 179 Å². The standard InChI is InChI=1S/C22H17F3N4O3/c1-13(11-30)29-12-27-20-17(21(29)31)9-18(28-19(20)15-3-2-8-26-10-15)14-4-6-16(7-5-14)32-22(23,24)25/h2-10,12-13,30H,11H2,1H3/t13-/m0/s1. The molecule has 0 amide bonds. The van der Waals surface area contributed by atoms with E-state index < -0.39 is 12.4 Å². The number of rotatable bonds is 5. The van der Waals surface area contributed by atoms with Crippen LogP contribution in [0.3, 0.4) is 0 Å². The molecule has 7 nitrogen and oxygen atoms in total. The molecule has 0 aliphatic heterocycles. The number of ether oxygens (including phenoxy) is 1. The van der Waals surface area contributed by atoms with Crippen LogP contribution in [0.15, 0.2) is 66.0 Å². The van der Waals surface area contributed by atoms with Crippen molar-refractivity contribution >= 4 is 10.9 Å². The highest BCUT2D eigenvalue weighted by Gasteiger charge is 2.31. The fraction of sp³-hybridized carbons (Fsp3) is 0.182. The zero-order valence-electron chi connectivity index (χ0n) is 16.7. The second-order valence-corrected chi connectivity index (χ2v) is 7.05. The van der Waals surface area contributed by atoms with Crippen molar-refractivity contribution in [2.45, 2.75) is 19.3 Å². The maximum absolute atomic E-state index is 13.1. The number of benzene rings is 1. The fourth-order valence-electron chi connectivity index (χ4n) is 3.22. The molecule has 164 valence electrons. The molecule has 0 radical (unpaired) electrons. The molecule has 32 heavy (non-hydrogen) atoms. The van der Waals surface area contributed by atoms with Crippen LogP contribution in [0.25, 0.3) is 33.4 Å². The van der Waals surface area contributed by atoms with E-state index in [0.29, 0.717) is 28.0 Å². The van der Waals surface area contributed by atoms with E-state index in [4.69, 9.17) is 0 Å². The van der Waals surface area contributed by atoms with Gasteiger partial charge in [-0.05, 0) is 49.4 Å². The summed E-state index contributed by atoms with van der Waals surface area (Å²) in [5.74, 6) is -0.365. The number of hydrogen-bond acceptors (Lipinski definition) is 6. The summed E-state index contributed by atoms with van der Waals surface area (Å²) >= 11 is 0. The number of aliphatic hydroxyl groups excluding tert-OH is 1. The second kappa shape index (κ2) is 8.39. The molecular weight excluding hydrogens is 425 g/mol. The molecule has 4 rings (SSSR count). The van der Waals surface area contributed by atoms with Crippen LogP contribution in [-0.2, 0) is 0 Å². The zero-order chi connectivity index (χ0) is 22.9. The quantitative estimate of drug-likeness (QED) is 0.503. The Morgan fingerprint density at radius 3 is 2.53 bits per heavy atom. The maximum Gasteiger partial charge on any atom is 0.573 e. The van der Waals surface area contributed by atoms with Crippen LogP contribution in [0, 0.1) is 0 Å². The summed E-state index contributed by atoms with van der Waals surface area (Å²) in [7, 11) is 0. The van der Waals surface area contributed by atoms with Crippen molar-refractivity contribution in [2.24, 2.45) is 0 Å². The SMILES string of the molecule is C[C@@H](CO)n1cnc2c(-c3cccnc3)nc(-c3ccc(OC(F)(F)F)cc3)cc2c1=O. The predicted octanol–water partition coefficient (Wildman–Crippen LogP) is 3.97. The lowest BCUT2D eigenvalue weighted by molar-refractivity contribution is -0.274. The van der Waals surface area contributed by atoms with Gasteiger partial charge in [0.2, 0.25) is 0 Å². The van der Waals surface area contributed by atoms with Gasteiger partial charge in [-0.15, -0.1) is 13.2 Å². The average Bonchev–Trinajstić information content (AvgIpc) is 2.78. The molecule has 0 aliphatic carbocycles. The summed E-state index contributed by atoms with van der Waals surface area (Å²) in [5, 5.41) is 9.71. The molecule has 4 aromatic rings. The highest BCUT2D eigenvalue weighted by molar-refractivity contribution is 5.93. The summed E-state index contributed by atoms with van der Waals surface area (Å²) in [6.45, 7) is 1.43. The molecule has 1 aromatic carbocycles. The van der Waals surface area contributed by atoms with Crippen molar-refractivity contribution in [3.63, 3.8) is 0 Å². The minimum atomic E-state index is -4.80. The Balaban J connectivity index is 1.91. The first-order valence-corrected chi connectivity index (χ1v) is 9.56. The van der Waals surface area contributed by atoms with E-state index in [1.54, 1.807) is 31.5 Å². The predicted molar refractivity (Wildman–Crippen MR) is 111 cm³/mol. The van der Waals surface area contributed by atoms with Crippen molar-refractivity contribution in [2.75, 3.05) is 6.61 Å². The van der Waals surface area contributed by atoms with Crippen LogP contribution >= 0.6 is 0 Å². The zero-order valence-corrected chi connectivity index (χ0v) is 16.7. The van der Waals surface area contributed by atoms with E-state index in [1.807, 2.05) is 0 Å². The van der Waals surface area contributed by atoms with Crippen molar-refractivity contribution in [3.05, 3.63) is 71.5 Å². The van der Waals surface area contributed by atoms with Crippen LogP contribution in [0.2, 0.25) is 0 Å². The van der Waals surface area contributed by atoms with Crippen LogP contribution in [0.5, 0.6) is 5.75 Å². The molecule has 3 heterocycles. The number of fused-ring (bicyclic) bond motifs is 1. The molecule has 0 bridgehead atoms. The Bertz CT molecular complexity index is 1310. The Hall–Kier alpha value is -3.79. The van der Waals surface area contributed by atoms with Gasteiger partial charge in [-0.1, -0.05) is 0 Å². The lowest BCUT2D eigenvalue weighted by Gasteiger charge is -2.14. The van der Waals surface area contributed by atoms with Gasteiger partial charge in [0.25, 0.3) is 5.56 Å². The van der Waals surface area contributed by atoms with Crippen molar-refractivity contribution in [1.29, 1.82) is 0 Å². The van der Waals surface area contributed by atoms with E-state index in [9.17, 15) is 23.1 Å². The first kappa shape index (κ1) is 21.4. The lowest BCUT2D eigenvalue weighted by Crippen LogP contribution is -2.25. The second-order valence-electron chi connectivity index (χ2n) is 7.05. The number of aromatic nitrogens is 4. The van der Waals surface area contributed by atoms with Gasteiger partial charge < -0.3 is 9.84 Å². The molecule has 0 saturated carbocycles. The number of pyridine rings is 2. The molecule has 0 aliphatic rings. The van der Waals surface area contributed by atoms with Crippen molar-refractivity contribution in [3.8, 4) is 28.3 Å². The summed E-state index contributed by atoms with van der Waals surface area (Å²) in [5.41, 5.74) is 1.85. The third-order valence-electron chi connectivity index (χ3n) is 4.83. The highest BCUT2D eigenvalue weighted by Crippen LogP contribution is 2.30. The fourth-order valence-corrected chi connectivity index (χ4v) is 3.22. The van der Waals surface area contributed by atoms with Gasteiger partial charge in [-0.3, -0.25) is 14.3 Å². The van der Waals surface area contributed by atoms with Crippen LogP contribution < -0.4 is 10.3 Å². The van der Waals surface area contributed by atoms with Crippen molar-refractivity contribution < 1.29 is 23.0 Å². The largest absolute Gasteiger partial charge is 0.573 e. The summed E-state index contributed by atoms with van der Waals surface area (Å²) in [6.07, 6.45) is -0.264. The van der Waals surface area contributed by atoms with Gasteiger partial charge in [0, 0.05) is 23.5 Å². The number of nitrogens with zero attached hydrogens (tertiary/aromatic N) is 4. The number of hydrogen-bond donors (Lipinski definition) is 1. The normalized spacial score (nSPS) is 12.7. The minimum absolute atomic E-state index is 0.249. The third-order valence-corrected chi connectivity index (χ3v) is 4.83. The molecule has 10 heteroatoms. The van der Waals surface area contributed by atoms with E-state index in [-0.39, 0.29) is 23.3 Å². The van der Waals surface area contributed by atoms with Gasteiger partial charge in [0.1, 0.15) is 11.3 Å². The minimum Gasteiger partial charge on any atom is -0.406 e. The number of halogens is 3. The van der Waals surface area contributed by atoms with Crippen molar-refractivity contribution in [1.82, 2.24) is 19.5 Å². The molecule has 1 atom stereocenters. The van der Waals surface area contributed by atoms with E-state index in [1.165, 1.54) is 41.2 Å². The first-order valence-electron chi connectivity index (χ1n) is 9.56. The first-order chi connectivity index (χ1) is 15.3. The molecule has 1 N–H and O–H groups in total. The number of aliphatic hydroxyl groups is 1. The molecule has 0 unspecified atom stereocenters. The van der Waals surface area contributed by atoms with Gasteiger partial charge in [0.15, 0.2) is 0 Å². The van der Waals surface area contributed by atoms with Gasteiger partial charge >= 0.3 is 6.36 Å². The molecule has 3 aromatic heterocycles. The Morgan fingerprint density at radius 2 is 1.91 bits per heavy atom. The smallest absolute Gasteiger partial charge is 0.406 e. The Kier molecular flexibility index (Phi) is 5.62. The molecule has 0 fully saturated rings. The molecular formula is C22H17F3N4O3. The van der Waals surface area contributed by atoms with Gasteiger partial charge in [0.05, 0.1) is 35.8 Å². The molecule has 0 spiro atoms. The van der Waals surface area contributed by atoms with Crippen LogP contribution in [0.1, 0.15) is 13.0 Å². The lowest BCUT2D eigenvalue weighted by atomic mass is 10.1. The third kappa shape index (κ3) is 4.30. The summed E-state index contributed by atoms with van der Waals surface area (Å²) < 4.78 is 42.6. The Morgan fingerprint density at radius 1 is 1.16 bits per heavy atom. The molecule has 0 saturated heterocycles. The van der Waals surface area contributed by atoms with E-state index in [0.717, 1.165) is 0 Å². The summed E-state index contributed by atoms with van der Waals surface area (Å²) in [6, 6.07) is 9.72. The van der Waals surface area contributed by atoms with Gasteiger partial charge in [-0.2, -0.15) is 0 Å². The summed E-state index contributed by atoms with van der Waals surface area (Å²) in [4.78, 5) is 26.2. The monoisotopic (exact) mass is 442 g/mol. The topological polar surface area (TPSA) is 90.1 Å².